The minimum atomic E-state index is -3.79. The summed E-state index contributed by atoms with van der Waals surface area (Å²) in [6.45, 7) is 0. The summed E-state index contributed by atoms with van der Waals surface area (Å²) in [5.74, 6) is 0.210. The summed E-state index contributed by atoms with van der Waals surface area (Å²) in [4.78, 5) is 3.95. The van der Waals surface area contributed by atoms with Crippen molar-refractivity contribution in [3.63, 3.8) is 0 Å². The van der Waals surface area contributed by atoms with Crippen LogP contribution in [-0.4, -0.2) is 13.4 Å². The Morgan fingerprint density at radius 2 is 1.95 bits per heavy atom. The molecule has 0 amide bonds. The highest BCUT2D eigenvalue weighted by Crippen LogP contribution is 2.27. The molecule has 1 aromatic carbocycles. The van der Waals surface area contributed by atoms with Gasteiger partial charge in [0.1, 0.15) is 4.90 Å². The number of nitrogens with two attached hydrogens (primary N) is 1. The van der Waals surface area contributed by atoms with E-state index in [0.29, 0.717) is 8.95 Å². The lowest BCUT2D eigenvalue weighted by atomic mass is 10.3. The zero-order valence-electron chi connectivity index (χ0n) is 9.47. The summed E-state index contributed by atoms with van der Waals surface area (Å²) in [7, 11) is -3.79. The maximum Gasteiger partial charge on any atom is 0.265 e. The Kier molecular flexibility index (Phi) is 4.12. The number of sulfonamides is 1. The zero-order valence-corrected chi connectivity index (χ0v) is 13.5. The molecule has 3 N–H and O–H groups in total. The molecule has 0 saturated carbocycles. The monoisotopic (exact) mass is 405 g/mol. The van der Waals surface area contributed by atoms with E-state index in [1.54, 1.807) is 18.2 Å². The minimum Gasteiger partial charge on any atom is -0.398 e. The van der Waals surface area contributed by atoms with Gasteiger partial charge < -0.3 is 5.73 Å². The van der Waals surface area contributed by atoms with Crippen LogP contribution < -0.4 is 10.5 Å². The van der Waals surface area contributed by atoms with Crippen molar-refractivity contribution in [3.05, 3.63) is 45.5 Å². The lowest BCUT2D eigenvalue weighted by molar-refractivity contribution is 0.601. The molecule has 1 aromatic heterocycles. The van der Waals surface area contributed by atoms with E-state index in [4.69, 9.17) is 5.73 Å². The first-order valence-electron chi connectivity index (χ1n) is 5.08. The van der Waals surface area contributed by atoms with Crippen LogP contribution in [0.15, 0.2) is 50.4 Å². The summed E-state index contributed by atoms with van der Waals surface area (Å²) in [5, 5.41) is 0. The van der Waals surface area contributed by atoms with Crippen molar-refractivity contribution in [2.75, 3.05) is 10.5 Å². The number of aromatic nitrogens is 1. The third kappa shape index (κ3) is 3.26. The number of nitrogens with one attached hydrogen (secondary N) is 1. The molecule has 0 aliphatic heterocycles. The van der Waals surface area contributed by atoms with E-state index < -0.39 is 10.0 Å². The van der Waals surface area contributed by atoms with Crippen LogP contribution in [0.1, 0.15) is 0 Å². The SMILES string of the molecule is Nc1ccc(Br)cc1S(=O)(=O)Nc1ncccc1Br. The highest BCUT2D eigenvalue weighted by atomic mass is 79.9. The molecule has 0 saturated heterocycles. The van der Waals surface area contributed by atoms with E-state index in [2.05, 4.69) is 41.6 Å². The second kappa shape index (κ2) is 5.48. The van der Waals surface area contributed by atoms with Gasteiger partial charge in [-0.2, -0.15) is 0 Å². The van der Waals surface area contributed by atoms with Gasteiger partial charge in [-0.3, -0.25) is 4.72 Å². The number of nitrogens with zero attached hydrogens (tertiary/aromatic N) is 1. The zero-order chi connectivity index (χ0) is 14.0. The third-order valence-corrected chi connectivity index (χ3v) is 4.78. The van der Waals surface area contributed by atoms with Crippen molar-refractivity contribution in [2.45, 2.75) is 4.90 Å². The highest BCUT2D eigenvalue weighted by Gasteiger charge is 2.19. The first-order chi connectivity index (χ1) is 8.90. The molecule has 0 aliphatic rings. The van der Waals surface area contributed by atoms with Gasteiger partial charge in [0.05, 0.1) is 10.2 Å². The number of rotatable bonds is 3. The van der Waals surface area contributed by atoms with Gasteiger partial charge in [-0.1, -0.05) is 15.9 Å². The topological polar surface area (TPSA) is 85.1 Å². The van der Waals surface area contributed by atoms with Crippen molar-refractivity contribution < 1.29 is 8.42 Å². The van der Waals surface area contributed by atoms with Gasteiger partial charge in [0.15, 0.2) is 5.82 Å². The summed E-state index contributed by atoms with van der Waals surface area (Å²) in [6, 6.07) is 8.01. The van der Waals surface area contributed by atoms with Crippen molar-refractivity contribution in [2.24, 2.45) is 0 Å². The van der Waals surface area contributed by atoms with Gasteiger partial charge in [-0.15, -0.1) is 0 Å². The van der Waals surface area contributed by atoms with Gasteiger partial charge >= 0.3 is 0 Å². The molecule has 2 aromatic rings. The Balaban J connectivity index is 2.44. The van der Waals surface area contributed by atoms with E-state index >= 15 is 0 Å². The Labute approximate surface area is 127 Å². The fourth-order valence-electron chi connectivity index (χ4n) is 1.38. The van der Waals surface area contributed by atoms with E-state index in [1.807, 2.05) is 0 Å². The minimum absolute atomic E-state index is 0.000530. The van der Waals surface area contributed by atoms with Gasteiger partial charge in [-0.05, 0) is 46.3 Å². The number of nitrogen functional groups attached to an aromatic ring is 1. The fourth-order valence-corrected chi connectivity index (χ4v) is 3.57. The van der Waals surface area contributed by atoms with Crippen LogP contribution in [0.25, 0.3) is 0 Å². The van der Waals surface area contributed by atoms with Gasteiger partial charge in [-0.25, -0.2) is 13.4 Å². The Morgan fingerprint density at radius 1 is 1.21 bits per heavy atom. The fraction of sp³-hybridized carbons (Fsp3) is 0. The van der Waals surface area contributed by atoms with Crippen LogP contribution >= 0.6 is 31.9 Å². The smallest absolute Gasteiger partial charge is 0.265 e. The molecule has 0 atom stereocenters. The summed E-state index contributed by atoms with van der Waals surface area (Å²) in [6.07, 6.45) is 1.49. The maximum absolute atomic E-state index is 12.3. The van der Waals surface area contributed by atoms with E-state index in [1.165, 1.54) is 18.3 Å². The lowest BCUT2D eigenvalue weighted by Gasteiger charge is -2.10. The van der Waals surface area contributed by atoms with Crippen molar-refractivity contribution >= 4 is 53.4 Å². The van der Waals surface area contributed by atoms with E-state index in [0.717, 1.165) is 0 Å². The molecule has 0 radical (unpaired) electrons. The molecule has 1 heterocycles. The molecule has 0 spiro atoms. The van der Waals surface area contributed by atoms with Crippen LogP contribution in [0, 0.1) is 0 Å². The molecule has 100 valence electrons. The van der Waals surface area contributed by atoms with Gasteiger partial charge in [0, 0.05) is 10.7 Å². The number of pyridine rings is 1. The first kappa shape index (κ1) is 14.3. The van der Waals surface area contributed by atoms with Crippen molar-refractivity contribution in [1.29, 1.82) is 0 Å². The standard InChI is InChI=1S/C11H9Br2N3O2S/c12-7-3-4-9(14)10(6-7)19(17,18)16-11-8(13)2-1-5-15-11/h1-6H,14H2,(H,15,16). The molecule has 19 heavy (non-hydrogen) atoms. The molecule has 0 aliphatic carbocycles. The second-order valence-corrected chi connectivity index (χ2v) is 7.04. The maximum atomic E-state index is 12.3. The molecule has 0 bridgehead atoms. The Bertz CT molecular complexity index is 720. The lowest BCUT2D eigenvalue weighted by Crippen LogP contribution is -2.16. The predicted molar refractivity (Wildman–Crippen MR) is 81.3 cm³/mol. The van der Waals surface area contributed by atoms with Gasteiger partial charge in [0.25, 0.3) is 10.0 Å². The first-order valence-corrected chi connectivity index (χ1v) is 8.15. The van der Waals surface area contributed by atoms with Gasteiger partial charge in [0.2, 0.25) is 0 Å². The van der Waals surface area contributed by atoms with E-state index in [-0.39, 0.29) is 16.4 Å². The molecular formula is C11H9Br2N3O2S. The predicted octanol–water partition coefficient (Wildman–Crippen LogP) is 2.99. The average Bonchev–Trinajstić information content (AvgIpc) is 2.35. The molecule has 2 rings (SSSR count). The highest BCUT2D eigenvalue weighted by molar-refractivity contribution is 9.10. The second-order valence-electron chi connectivity index (χ2n) is 3.62. The van der Waals surface area contributed by atoms with Crippen LogP contribution in [-0.2, 0) is 10.0 Å². The number of halogens is 2. The average molecular weight is 407 g/mol. The quantitative estimate of drug-likeness (QED) is 0.767. The normalized spacial score (nSPS) is 11.3. The number of benzene rings is 1. The third-order valence-electron chi connectivity index (χ3n) is 2.25. The van der Waals surface area contributed by atoms with Crippen LogP contribution in [0.3, 0.4) is 0 Å². The van der Waals surface area contributed by atoms with Crippen molar-refractivity contribution in [1.82, 2.24) is 4.98 Å². The molecule has 5 nitrogen and oxygen atoms in total. The molecule has 0 unspecified atom stereocenters. The number of hydrogen-bond acceptors (Lipinski definition) is 4. The van der Waals surface area contributed by atoms with Crippen LogP contribution in [0.5, 0.6) is 0 Å². The van der Waals surface area contributed by atoms with Crippen molar-refractivity contribution in [3.8, 4) is 0 Å². The number of hydrogen-bond donors (Lipinski definition) is 2. The molecular weight excluding hydrogens is 398 g/mol. The Hall–Kier alpha value is -1.12. The summed E-state index contributed by atoms with van der Waals surface area (Å²) < 4.78 is 28.1. The van der Waals surface area contributed by atoms with Crippen LogP contribution in [0.2, 0.25) is 0 Å². The summed E-state index contributed by atoms with van der Waals surface area (Å²) in [5.41, 5.74) is 5.86. The molecule has 0 fully saturated rings. The summed E-state index contributed by atoms with van der Waals surface area (Å²) >= 11 is 6.44. The Morgan fingerprint density at radius 3 is 2.63 bits per heavy atom. The largest absolute Gasteiger partial charge is 0.398 e. The van der Waals surface area contributed by atoms with Crippen LogP contribution in [0.4, 0.5) is 11.5 Å². The molecule has 8 heteroatoms. The number of anilines is 2. The van der Waals surface area contributed by atoms with E-state index in [9.17, 15) is 8.42 Å².